The predicted octanol–water partition coefficient (Wildman–Crippen LogP) is 4.24. The first kappa shape index (κ1) is 16.6. The second-order valence-corrected chi connectivity index (χ2v) is 7.12. The molecule has 28 heavy (non-hydrogen) atoms. The van der Waals surface area contributed by atoms with E-state index in [2.05, 4.69) is 63.7 Å². The molecule has 2 aromatic heterocycles. The van der Waals surface area contributed by atoms with E-state index in [-0.39, 0.29) is 5.41 Å². The fraction of sp³-hybridized carbons (Fsp3) is 0.182. The topological polar surface area (TPSA) is 65.7 Å². The smallest absolute Gasteiger partial charge is 0.238 e. The zero-order chi connectivity index (χ0) is 19.0. The number of hydrogen-bond donors (Lipinski definition) is 0. The summed E-state index contributed by atoms with van der Waals surface area (Å²) in [5.41, 5.74) is 4.17. The van der Waals surface area contributed by atoms with Crippen LogP contribution in [0.5, 0.6) is 11.6 Å². The van der Waals surface area contributed by atoms with Crippen LogP contribution in [0.4, 0.5) is 0 Å². The number of rotatable bonds is 5. The Morgan fingerprint density at radius 2 is 1.43 bits per heavy atom. The first-order chi connectivity index (χ1) is 13.7. The number of aryl methyl sites for hydroxylation is 1. The lowest BCUT2D eigenvalue weighted by molar-refractivity contribution is 0.453. The van der Waals surface area contributed by atoms with Crippen molar-refractivity contribution in [3.8, 4) is 17.4 Å². The molecule has 0 atom stereocenters. The molecule has 0 bridgehead atoms. The van der Waals surface area contributed by atoms with Crippen LogP contribution in [-0.2, 0) is 5.41 Å². The van der Waals surface area contributed by atoms with Crippen LogP contribution in [0, 0.1) is 6.92 Å². The van der Waals surface area contributed by atoms with Gasteiger partial charge in [0.2, 0.25) is 5.88 Å². The molecule has 1 aliphatic rings. The van der Waals surface area contributed by atoms with E-state index in [1.54, 1.807) is 24.5 Å². The normalized spacial score (nSPS) is 14.6. The Morgan fingerprint density at radius 1 is 0.786 bits per heavy atom. The summed E-state index contributed by atoms with van der Waals surface area (Å²) in [6, 6.07) is 20.7. The minimum Gasteiger partial charge on any atom is -0.438 e. The maximum absolute atomic E-state index is 5.84. The van der Waals surface area contributed by atoms with Crippen LogP contribution in [0.1, 0.15) is 29.5 Å². The summed E-state index contributed by atoms with van der Waals surface area (Å²) in [4.78, 5) is 1.41. The zero-order valence-corrected chi connectivity index (χ0v) is 15.5. The van der Waals surface area contributed by atoms with Gasteiger partial charge in [-0.1, -0.05) is 42.0 Å². The van der Waals surface area contributed by atoms with Gasteiger partial charge in [-0.2, -0.15) is 10.2 Å². The van der Waals surface area contributed by atoms with E-state index in [1.807, 2.05) is 12.1 Å². The highest BCUT2D eigenvalue weighted by atomic mass is 16.5. The average Bonchev–Trinajstić information content (AvgIpc) is 3.35. The maximum atomic E-state index is 5.84. The van der Waals surface area contributed by atoms with Crippen molar-refractivity contribution in [1.29, 1.82) is 0 Å². The van der Waals surface area contributed by atoms with Gasteiger partial charge in [-0.15, -0.1) is 15.0 Å². The molecule has 6 heteroatoms. The lowest BCUT2D eigenvalue weighted by Crippen LogP contribution is -2.08. The van der Waals surface area contributed by atoms with E-state index < -0.39 is 0 Å². The SMILES string of the molecule is Cc1ccc(C2(c3ccc(Oc4ccc(-n5nccn5)nn4)cc3)CC2)cc1. The molecular weight excluding hydrogens is 350 g/mol. The van der Waals surface area contributed by atoms with Crippen molar-refractivity contribution in [2.24, 2.45) is 0 Å². The van der Waals surface area contributed by atoms with Gasteiger partial charge in [0.05, 0.1) is 12.4 Å². The van der Waals surface area contributed by atoms with Crippen molar-refractivity contribution in [3.05, 3.63) is 89.7 Å². The molecule has 1 saturated carbocycles. The van der Waals surface area contributed by atoms with Gasteiger partial charge in [-0.25, -0.2) is 0 Å². The lowest BCUT2D eigenvalue weighted by atomic mass is 9.88. The van der Waals surface area contributed by atoms with Crippen molar-refractivity contribution in [2.45, 2.75) is 25.2 Å². The molecule has 0 amide bonds. The Hall–Kier alpha value is -3.54. The van der Waals surface area contributed by atoms with Crippen molar-refractivity contribution in [1.82, 2.24) is 25.2 Å². The quantitative estimate of drug-likeness (QED) is 0.526. The van der Waals surface area contributed by atoms with Gasteiger partial charge in [-0.3, -0.25) is 0 Å². The molecule has 6 nitrogen and oxygen atoms in total. The molecule has 138 valence electrons. The largest absolute Gasteiger partial charge is 0.438 e. The predicted molar refractivity (Wildman–Crippen MR) is 105 cm³/mol. The van der Waals surface area contributed by atoms with Gasteiger partial charge >= 0.3 is 0 Å². The number of ether oxygens (including phenoxy) is 1. The molecule has 0 spiro atoms. The molecule has 0 unspecified atom stereocenters. The Morgan fingerprint density at radius 3 is 2.00 bits per heavy atom. The lowest BCUT2D eigenvalue weighted by Gasteiger charge is -2.17. The third kappa shape index (κ3) is 3.03. The van der Waals surface area contributed by atoms with E-state index in [0.29, 0.717) is 11.7 Å². The first-order valence-electron chi connectivity index (χ1n) is 9.29. The summed E-state index contributed by atoms with van der Waals surface area (Å²) in [6.45, 7) is 2.12. The Labute approximate surface area is 162 Å². The van der Waals surface area contributed by atoms with Gasteiger partial charge in [0, 0.05) is 11.5 Å². The van der Waals surface area contributed by atoms with Crippen LogP contribution in [0.2, 0.25) is 0 Å². The summed E-state index contributed by atoms with van der Waals surface area (Å²) < 4.78 is 5.84. The second-order valence-electron chi connectivity index (χ2n) is 7.12. The number of aromatic nitrogens is 5. The highest BCUT2D eigenvalue weighted by molar-refractivity contribution is 5.47. The molecule has 2 heterocycles. The van der Waals surface area contributed by atoms with E-state index in [0.717, 1.165) is 5.75 Å². The van der Waals surface area contributed by atoms with E-state index in [9.17, 15) is 0 Å². The molecule has 0 aliphatic heterocycles. The van der Waals surface area contributed by atoms with Crippen LogP contribution >= 0.6 is 0 Å². The van der Waals surface area contributed by atoms with E-state index in [4.69, 9.17) is 4.74 Å². The molecule has 0 radical (unpaired) electrons. The molecule has 2 aromatic carbocycles. The third-order valence-corrected chi connectivity index (χ3v) is 5.23. The first-order valence-corrected chi connectivity index (χ1v) is 9.29. The number of nitrogens with zero attached hydrogens (tertiary/aromatic N) is 5. The minimum atomic E-state index is 0.157. The van der Waals surface area contributed by atoms with E-state index in [1.165, 1.54) is 34.3 Å². The highest BCUT2D eigenvalue weighted by Crippen LogP contribution is 2.53. The highest BCUT2D eigenvalue weighted by Gasteiger charge is 2.45. The van der Waals surface area contributed by atoms with Crippen LogP contribution < -0.4 is 4.74 Å². The summed E-state index contributed by atoms with van der Waals surface area (Å²) in [7, 11) is 0. The Kier molecular flexibility index (Phi) is 3.90. The van der Waals surface area contributed by atoms with Gasteiger partial charge in [-0.05, 0) is 49.1 Å². The number of hydrogen-bond acceptors (Lipinski definition) is 5. The monoisotopic (exact) mass is 369 g/mol. The molecular formula is C22H19N5O. The van der Waals surface area contributed by atoms with Crippen molar-refractivity contribution in [2.75, 3.05) is 0 Å². The summed E-state index contributed by atoms with van der Waals surface area (Å²) in [5.74, 6) is 1.72. The third-order valence-electron chi connectivity index (χ3n) is 5.23. The van der Waals surface area contributed by atoms with E-state index >= 15 is 0 Å². The van der Waals surface area contributed by atoms with Gasteiger partial charge in [0.25, 0.3) is 0 Å². The summed E-state index contributed by atoms with van der Waals surface area (Å²) >= 11 is 0. The molecule has 0 N–H and O–H groups in total. The Bertz CT molecular complexity index is 1070. The van der Waals surface area contributed by atoms with Crippen LogP contribution in [0.15, 0.2) is 73.1 Å². The van der Waals surface area contributed by atoms with Crippen molar-refractivity contribution in [3.63, 3.8) is 0 Å². The fourth-order valence-corrected chi connectivity index (χ4v) is 3.51. The zero-order valence-electron chi connectivity index (χ0n) is 15.5. The molecule has 0 saturated heterocycles. The van der Waals surface area contributed by atoms with Crippen LogP contribution in [0.3, 0.4) is 0 Å². The minimum absolute atomic E-state index is 0.157. The van der Waals surface area contributed by atoms with Crippen molar-refractivity contribution < 1.29 is 4.74 Å². The number of benzene rings is 2. The standard InChI is InChI=1S/C22H19N5O/c1-16-2-4-17(5-3-16)22(12-13-22)18-6-8-19(9-7-18)28-21-11-10-20(25-26-21)27-23-14-15-24-27/h2-11,14-15H,12-13H2,1H3. The average molecular weight is 369 g/mol. The summed E-state index contributed by atoms with van der Waals surface area (Å²) in [6.07, 6.45) is 5.56. The van der Waals surface area contributed by atoms with Crippen LogP contribution in [-0.4, -0.2) is 25.2 Å². The Balaban J connectivity index is 1.32. The fourth-order valence-electron chi connectivity index (χ4n) is 3.51. The van der Waals surface area contributed by atoms with Gasteiger partial charge < -0.3 is 4.74 Å². The second kappa shape index (κ2) is 6.56. The molecule has 4 aromatic rings. The molecule has 5 rings (SSSR count). The van der Waals surface area contributed by atoms with Crippen LogP contribution in [0.25, 0.3) is 5.82 Å². The summed E-state index contributed by atoms with van der Waals surface area (Å²) in [5, 5.41) is 16.3. The maximum Gasteiger partial charge on any atom is 0.238 e. The van der Waals surface area contributed by atoms with Crippen molar-refractivity contribution >= 4 is 0 Å². The van der Waals surface area contributed by atoms with Gasteiger partial charge in [0.15, 0.2) is 5.82 Å². The molecule has 1 aliphatic carbocycles. The van der Waals surface area contributed by atoms with Gasteiger partial charge in [0.1, 0.15) is 5.75 Å². The molecule has 1 fully saturated rings.